The van der Waals surface area contributed by atoms with Gasteiger partial charge >= 0.3 is 5.97 Å². The fraction of sp³-hybridized carbons (Fsp3) is 0.0625. The fourth-order valence-electron chi connectivity index (χ4n) is 1.98. The molecule has 9 heteroatoms. The number of methoxy groups -OCH3 is 1. The lowest BCUT2D eigenvalue weighted by Gasteiger charge is -2.13. The molecule has 0 bridgehead atoms. The molecule has 1 amide bonds. The van der Waals surface area contributed by atoms with Crippen LogP contribution in [-0.4, -0.2) is 29.2 Å². The summed E-state index contributed by atoms with van der Waals surface area (Å²) in [5.74, 6) is -1.21. The molecule has 0 atom stereocenters. The number of halogens is 2. The summed E-state index contributed by atoms with van der Waals surface area (Å²) in [6.07, 6.45) is 0. The molecule has 130 valence electrons. The number of hydrogen-bond donors (Lipinski definition) is 3. The maximum absolute atomic E-state index is 12.4. The van der Waals surface area contributed by atoms with Crippen LogP contribution >= 0.6 is 44.1 Å². The Morgan fingerprint density at radius 2 is 1.68 bits per heavy atom. The van der Waals surface area contributed by atoms with Crippen LogP contribution in [0.3, 0.4) is 0 Å². The zero-order valence-corrected chi connectivity index (χ0v) is 16.8. The molecule has 0 aliphatic heterocycles. The van der Waals surface area contributed by atoms with Gasteiger partial charge in [-0.3, -0.25) is 10.1 Å². The molecule has 0 saturated heterocycles. The van der Waals surface area contributed by atoms with E-state index in [4.69, 9.17) is 17.0 Å². The zero-order valence-electron chi connectivity index (χ0n) is 12.8. The highest BCUT2D eigenvalue weighted by atomic mass is 79.9. The molecule has 0 radical (unpaired) electrons. The molecule has 3 N–H and O–H groups in total. The summed E-state index contributed by atoms with van der Waals surface area (Å²) in [5.41, 5.74) is 0.573. The van der Waals surface area contributed by atoms with E-state index in [9.17, 15) is 14.7 Å². The molecule has 0 fully saturated rings. The Morgan fingerprint density at radius 1 is 1.08 bits per heavy atom. The van der Waals surface area contributed by atoms with Crippen molar-refractivity contribution in [3.8, 4) is 5.75 Å². The second-order valence-corrected chi connectivity index (χ2v) is 6.99. The Morgan fingerprint density at radius 3 is 2.28 bits per heavy atom. The van der Waals surface area contributed by atoms with Crippen molar-refractivity contribution in [2.75, 3.05) is 12.4 Å². The maximum atomic E-state index is 12.4. The van der Waals surface area contributed by atoms with E-state index in [0.29, 0.717) is 14.7 Å². The number of ether oxygens (including phenoxy) is 1. The van der Waals surface area contributed by atoms with Crippen LogP contribution in [0.4, 0.5) is 5.69 Å². The first-order chi connectivity index (χ1) is 11.8. The van der Waals surface area contributed by atoms with Crippen molar-refractivity contribution in [1.82, 2.24) is 5.32 Å². The summed E-state index contributed by atoms with van der Waals surface area (Å²) in [5, 5.41) is 14.4. The monoisotopic (exact) mass is 486 g/mol. The Hall–Kier alpha value is -1.97. The molecular formula is C16H12Br2N2O4S. The number of carboxylic acids is 1. The van der Waals surface area contributed by atoms with Gasteiger partial charge in [-0.05, 0) is 48.6 Å². The predicted molar refractivity (Wildman–Crippen MR) is 105 cm³/mol. The predicted octanol–water partition coefficient (Wildman–Crippen LogP) is 4.05. The molecule has 0 unspecified atom stereocenters. The number of aromatic carboxylic acids is 1. The zero-order chi connectivity index (χ0) is 18.6. The minimum absolute atomic E-state index is 0.0195. The van der Waals surface area contributed by atoms with Crippen molar-refractivity contribution in [1.29, 1.82) is 0 Å². The number of carbonyl (C=O) groups excluding carboxylic acids is 1. The smallest absolute Gasteiger partial charge is 0.337 e. The summed E-state index contributed by atoms with van der Waals surface area (Å²) in [6.45, 7) is 0. The van der Waals surface area contributed by atoms with E-state index in [1.165, 1.54) is 13.2 Å². The van der Waals surface area contributed by atoms with Gasteiger partial charge in [0.05, 0.1) is 23.9 Å². The number of rotatable bonds is 4. The fourth-order valence-corrected chi connectivity index (χ4v) is 2.91. The molecule has 0 spiro atoms. The van der Waals surface area contributed by atoms with E-state index >= 15 is 0 Å². The standard InChI is InChI=1S/C16H12Br2N2O4S/c1-24-13-5-3-9(18)7-11(13)14(21)20-16(25)19-12-4-2-8(17)6-10(12)15(22)23/h2-7H,1H3,(H,22,23)(H2,19,20,21,25). The highest BCUT2D eigenvalue weighted by Crippen LogP contribution is 2.23. The number of carbonyl (C=O) groups is 2. The van der Waals surface area contributed by atoms with Crippen LogP contribution in [0.1, 0.15) is 20.7 Å². The van der Waals surface area contributed by atoms with Crippen LogP contribution in [-0.2, 0) is 0 Å². The Kier molecular flexibility index (Phi) is 6.51. The first-order valence-electron chi connectivity index (χ1n) is 6.80. The molecule has 2 aromatic carbocycles. The largest absolute Gasteiger partial charge is 0.496 e. The third kappa shape index (κ3) is 5.00. The number of thiocarbonyl (C=S) groups is 1. The third-order valence-corrected chi connectivity index (χ3v) is 4.28. The minimum atomic E-state index is -1.12. The average molecular weight is 488 g/mol. The van der Waals surface area contributed by atoms with E-state index in [0.717, 1.165) is 0 Å². The maximum Gasteiger partial charge on any atom is 0.337 e. The van der Waals surface area contributed by atoms with Crippen LogP contribution in [0.15, 0.2) is 45.3 Å². The van der Waals surface area contributed by atoms with Gasteiger partial charge in [-0.15, -0.1) is 0 Å². The molecule has 25 heavy (non-hydrogen) atoms. The number of benzene rings is 2. The van der Waals surface area contributed by atoms with Gasteiger partial charge in [0.2, 0.25) is 0 Å². The molecule has 0 heterocycles. The summed E-state index contributed by atoms with van der Waals surface area (Å²) >= 11 is 11.6. The molecule has 2 rings (SSSR count). The summed E-state index contributed by atoms with van der Waals surface area (Å²) in [4.78, 5) is 23.7. The summed E-state index contributed by atoms with van der Waals surface area (Å²) in [6, 6.07) is 9.63. The molecule has 0 aliphatic rings. The Balaban J connectivity index is 2.17. The van der Waals surface area contributed by atoms with Gasteiger partial charge in [-0.2, -0.15) is 0 Å². The van der Waals surface area contributed by atoms with Crippen molar-refractivity contribution in [3.63, 3.8) is 0 Å². The number of carboxylic acid groups (broad SMARTS) is 1. The third-order valence-electron chi connectivity index (χ3n) is 3.09. The van der Waals surface area contributed by atoms with Gasteiger partial charge in [0.15, 0.2) is 5.11 Å². The van der Waals surface area contributed by atoms with Crippen LogP contribution in [0.5, 0.6) is 5.75 Å². The molecule has 6 nitrogen and oxygen atoms in total. The van der Waals surface area contributed by atoms with Crippen molar-refractivity contribution in [3.05, 3.63) is 56.5 Å². The van der Waals surface area contributed by atoms with Crippen molar-refractivity contribution in [2.24, 2.45) is 0 Å². The number of hydrogen-bond acceptors (Lipinski definition) is 4. The quantitative estimate of drug-likeness (QED) is 0.564. The van der Waals surface area contributed by atoms with Gasteiger partial charge in [-0.25, -0.2) is 4.79 Å². The van der Waals surface area contributed by atoms with Gasteiger partial charge in [0.1, 0.15) is 5.75 Å². The van der Waals surface area contributed by atoms with Crippen LogP contribution in [0.25, 0.3) is 0 Å². The second kappa shape index (κ2) is 8.41. The average Bonchev–Trinajstić information content (AvgIpc) is 2.56. The lowest BCUT2D eigenvalue weighted by Crippen LogP contribution is -2.34. The number of nitrogens with one attached hydrogen (secondary N) is 2. The molecule has 2 aromatic rings. The van der Waals surface area contributed by atoms with Crippen LogP contribution in [0, 0.1) is 0 Å². The van der Waals surface area contributed by atoms with E-state index in [2.05, 4.69) is 42.5 Å². The van der Waals surface area contributed by atoms with E-state index in [1.54, 1.807) is 30.3 Å². The number of amides is 1. The minimum Gasteiger partial charge on any atom is -0.496 e. The van der Waals surface area contributed by atoms with Gasteiger partial charge in [0.25, 0.3) is 5.91 Å². The van der Waals surface area contributed by atoms with Crippen molar-refractivity contribution in [2.45, 2.75) is 0 Å². The van der Waals surface area contributed by atoms with Crippen LogP contribution in [0.2, 0.25) is 0 Å². The lowest BCUT2D eigenvalue weighted by atomic mass is 10.2. The highest BCUT2D eigenvalue weighted by Gasteiger charge is 2.16. The van der Waals surface area contributed by atoms with Gasteiger partial charge < -0.3 is 15.2 Å². The molecule has 0 saturated carbocycles. The SMILES string of the molecule is COc1ccc(Br)cc1C(=O)NC(=S)Nc1ccc(Br)cc1C(=O)O. The van der Waals surface area contributed by atoms with Crippen molar-refractivity contribution >= 4 is 66.8 Å². The lowest BCUT2D eigenvalue weighted by molar-refractivity contribution is 0.0697. The second-order valence-electron chi connectivity index (χ2n) is 4.75. The summed E-state index contributed by atoms with van der Waals surface area (Å²) in [7, 11) is 1.46. The first-order valence-corrected chi connectivity index (χ1v) is 8.80. The Bertz CT molecular complexity index is 858. The van der Waals surface area contributed by atoms with Crippen LogP contribution < -0.4 is 15.4 Å². The van der Waals surface area contributed by atoms with E-state index in [-0.39, 0.29) is 21.9 Å². The first kappa shape index (κ1) is 19.4. The van der Waals surface area contributed by atoms with Crippen molar-refractivity contribution < 1.29 is 19.4 Å². The highest BCUT2D eigenvalue weighted by molar-refractivity contribution is 9.10. The number of anilines is 1. The summed E-state index contributed by atoms with van der Waals surface area (Å²) < 4.78 is 6.48. The van der Waals surface area contributed by atoms with E-state index in [1.807, 2.05) is 0 Å². The normalized spacial score (nSPS) is 10.0. The van der Waals surface area contributed by atoms with Gasteiger partial charge in [-0.1, -0.05) is 31.9 Å². The van der Waals surface area contributed by atoms with E-state index < -0.39 is 11.9 Å². The topological polar surface area (TPSA) is 87.7 Å². The molecular weight excluding hydrogens is 476 g/mol. The Labute approximate surface area is 165 Å². The van der Waals surface area contributed by atoms with Gasteiger partial charge in [0, 0.05) is 8.95 Å². The molecule has 0 aliphatic carbocycles. The molecule has 0 aromatic heterocycles.